The second-order valence-electron chi connectivity index (χ2n) is 12.1. The summed E-state index contributed by atoms with van der Waals surface area (Å²) in [6.07, 6.45) is 15.5. The first-order chi connectivity index (χ1) is 13.7. The van der Waals surface area contributed by atoms with E-state index in [-0.39, 0.29) is 10.2 Å². The van der Waals surface area contributed by atoms with Crippen LogP contribution in [-0.4, -0.2) is 10.6 Å². The zero-order valence-electron chi connectivity index (χ0n) is 19.5. The number of halogens is 1. The molecule has 0 amide bonds. The number of rotatable bonds is 5. The Balaban J connectivity index is 1.51. The first-order valence-electron chi connectivity index (χ1n) is 12.6. The van der Waals surface area contributed by atoms with E-state index in [9.17, 15) is 4.79 Å². The van der Waals surface area contributed by atoms with Gasteiger partial charge in [-0.05, 0) is 97.4 Å². The maximum atomic E-state index is 12.3. The highest BCUT2D eigenvalue weighted by atomic mass is 79.9. The van der Waals surface area contributed by atoms with Crippen molar-refractivity contribution in [1.29, 1.82) is 0 Å². The van der Waals surface area contributed by atoms with Crippen molar-refractivity contribution < 1.29 is 4.79 Å². The summed E-state index contributed by atoms with van der Waals surface area (Å²) in [5.74, 6) is 5.57. The third kappa shape index (κ3) is 3.72. The fourth-order valence-electron chi connectivity index (χ4n) is 8.61. The maximum absolute atomic E-state index is 12.3. The number of carbonyl (C=O) groups is 1. The van der Waals surface area contributed by atoms with E-state index in [1.54, 1.807) is 0 Å². The van der Waals surface area contributed by atoms with Crippen molar-refractivity contribution in [2.45, 2.75) is 104 Å². The minimum Gasteiger partial charge on any atom is -0.294 e. The normalized spacial score (nSPS) is 45.4. The van der Waals surface area contributed by atoms with Crippen LogP contribution in [0.1, 0.15) is 98.8 Å². The lowest BCUT2D eigenvalue weighted by Gasteiger charge is -2.59. The monoisotopic (exact) mass is 462 g/mol. The Hall–Kier alpha value is -0.110. The minimum absolute atomic E-state index is 0.0422. The van der Waals surface area contributed by atoms with Crippen molar-refractivity contribution in [3.63, 3.8) is 0 Å². The van der Waals surface area contributed by atoms with Crippen LogP contribution in [-0.2, 0) is 4.79 Å². The molecule has 4 aliphatic rings. The summed E-state index contributed by atoms with van der Waals surface area (Å²) < 4.78 is 0. The van der Waals surface area contributed by atoms with Crippen LogP contribution in [0, 0.1) is 46.3 Å². The lowest BCUT2D eigenvalue weighted by molar-refractivity contribution is -0.116. The van der Waals surface area contributed by atoms with Crippen LogP contribution >= 0.6 is 15.9 Å². The lowest BCUT2D eigenvalue weighted by Crippen LogP contribution is -2.52. The molecule has 0 spiro atoms. The largest absolute Gasteiger partial charge is 0.294 e. The van der Waals surface area contributed by atoms with E-state index in [1.807, 2.05) is 6.08 Å². The van der Waals surface area contributed by atoms with Gasteiger partial charge in [0.05, 0.1) is 4.83 Å². The Morgan fingerprint density at radius 2 is 1.83 bits per heavy atom. The Kier molecular flexibility index (Phi) is 6.17. The van der Waals surface area contributed by atoms with E-state index in [0.29, 0.717) is 11.2 Å². The Labute approximate surface area is 188 Å². The van der Waals surface area contributed by atoms with Crippen molar-refractivity contribution in [3.8, 4) is 0 Å². The molecule has 8 atom stereocenters. The van der Waals surface area contributed by atoms with Crippen LogP contribution in [0.15, 0.2) is 11.6 Å². The van der Waals surface area contributed by atoms with E-state index in [4.69, 9.17) is 0 Å². The fourth-order valence-corrected chi connectivity index (χ4v) is 9.41. The molecule has 0 aromatic rings. The van der Waals surface area contributed by atoms with Gasteiger partial charge in [0.25, 0.3) is 0 Å². The van der Waals surface area contributed by atoms with E-state index in [1.165, 1.54) is 63.4 Å². The molecule has 2 heteroatoms. The third-order valence-electron chi connectivity index (χ3n) is 10.2. The summed E-state index contributed by atoms with van der Waals surface area (Å²) in [6.45, 7) is 12.5. The van der Waals surface area contributed by atoms with Gasteiger partial charge in [0.2, 0.25) is 0 Å². The van der Waals surface area contributed by atoms with Crippen LogP contribution in [0.3, 0.4) is 0 Å². The van der Waals surface area contributed by atoms with E-state index in [0.717, 1.165) is 41.9 Å². The molecule has 3 saturated carbocycles. The molecule has 0 aromatic heterocycles. The van der Waals surface area contributed by atoms with Crippen molar-refractivity contribution in [1.82, 2.24) is 0 Å². The first-order valence-corrected chi connectivity index (χ1v) is 13.5. The number of hydrogen-bond acceptors (Lipinski definition) is 1. The number of allylic oxidation sites excluding steroid dienone is 1. The van der Waals surface area contributed by atoms with Crippen LogP contribution in [0.4, 0.5) is 0 Å². The lowest BCUT2D eigenvalue weighted by atomic mass is 9.46. The molecule has 1 unspecified atom stereocenters. The zero-order chi connectivity index (χ0) is 21.0. The molecule has 4 rings (SSSR count). The molecule has 3 fully saturated rings. The van der Waals surface area contributed by atoms with E-state index < -0.39 is 0 Å². The second-order valence-corrected chi connectivity index (χ2v) is 13.2. The summed E-state index contributed by atoms with van der Waals surface area (Å²) in [7, 11) is 0. The van der Waals surface area contributed by atoms with Gasteiger partial charge < -0.3 is 0 Å². The smallest absolute Gasteiger partial charge is 0.169 e. The first kappa shape index (κ1) is 22.1. The molecule has 0 bridgehead atoms. The predicted molar refractivity (Wildman–Crippen MR) is 126 cm³/mol. The van der Waals surface area contributed by atoms with Crippen LogP contribution in [0.5, 0.6) is 0 Å². The third-order valence-corrected chi connectivity index (χ3v) is 10.9. The van der Waals surface area contributed by atoms with Crippen molar-refractivity contribution in [2.24, 2.45) is 46.3 Å². The van der Waals surface area contributed by atoms with Gasteiger partial charge in [-0.3, -0.25) is 4.79 Å². The highest BCUT2D eigenvalue weighted by molar-refractivity contribution is 9.10. The SMILES string of the molecule is CC(C)CCC[C@@H](C)[C@H]1CC[C@H]2[C@@H]3CCC4=CC(=O)C(Br)C[C@]4(C)[C@H]3CC[C@]12C. The number of hydrogen-bond donors (Lipinski definition) is 0. The molecule has 0 radical (unpaired) electrons. The van der Waals surface area contributed by atoms with Crippen LogP contribution in [0.2, 0.25) is 0 Å². The molecule has 0 heterocycles. The standard InChI is InChI=1S/C27H43BrO/c1-17(2)7-6-8-18(3)21-11-12-22-20-10-9-19-15-25(29)24(28)16-27(19,5)23(20)13-14-26(21,22)4/h15,17-18,20-24H,6-14,16H2,1-5H3/t18-,20+,21-,22+,23+,24?,26-,27+/m1/s1. The summed E-state index contributed by atoms with van der Waals surface area (Å²) in [6, 6.07) is 0. The van der Waals surface area contributed by atoms with Crippen LogP contribution in [0.25, 0.3) is 0 Å². The van der Waals surface area contributed by atoms with Gasteiger partial charge in [0.15, 0.2) is 5.78 Å². The minimum atomic E-state index is 0.0422. The average molecular weight is 464 g/mol. The van der Waals surface area contributed by atoms with Gasteiger partial charge in [0.1, 0.15) is 0 Å². The summed E-state index contributed by atoms with van der Waals surface area (Å²) >= 11 is 3.70. The van der Waals surface area contributed by atoms with Gasteiger partial charge in [-0.2, -0.15) is 0 Å². The fraction of sp³-hybridized carbons (Fsp3) is 0.889. The molecule has 29 heavy (non-hydrogen) atoms. The van der Waals surface area contributed by atoms with Crippen molar-refractivity contribution in [2.75, 3.05) is 0 Å². The van der Waals surface area contributed by atoms with Gasteiger partial charge >= 0.3 is 0 Å². The van der Waals surface area contributed by atoms with Gasteiger partial charge in [-0.15, -0.1) is 0 Å². The molecule has 0 N–H and O–H groups in total. The Morgan fingerprint density at radius 3 is 2.55 bits per heavy atom. The zero-order valence-corrected chi connectivity index (χ0v) is 21.1. The predicted octanol–water partition coefficient (Wildman–Crippen LogP) is 7.97. The van der Waals surface area contributed by atoms with Crippen molar-refractivity contribution in [3.05, 3.63) is 11.6 Å². The Morgan fingerprint density at radius 1 is 1.07 bits per heavy atom. The number of ketones is 1. The summed E-state index contributed by atoms with van der Waals surface area (Å²) in [5.41, 5.74) is 2.31. The van der Waals surface area contributed by atoms with E-state index >= 15 is 0 Å². The maximum Gasteiger partial charge on any atom is 0.169 e. The average Bonchev–Trinajstić information content (AvgIpc) is 3.00. The van der Waals surface area contributed by atoms with Crippen molar-refractivity contribution >= 4 is 21.7 Å². The topological polar surface area (TPSA) is 17.1 Å². The molecule has 0 saturated heterocycles. The molecular weight excluding hydrogens is 420 g/mol. The highest BCUT2D eigenvalue weighted by Gasteiger charge is 2.59. The quantitative estimate of drug-likeness (QED) is 0.378. The van der Waals surface area contributed by atoms with Gasteiger partial charge in [-0.1, -0.05) is 75.4 Å². The highest BCUT2D eigenvalue weighted by Crippen LogP contribution is 2.67. The Bertz CT molecular complexity index is 665. The van der Waals surface area contributed by atoms with Gasteiger partial charge in [0, 0.05) is 0 Å². The summed E-state index contributed by atoms with van der Waals surface area (Å²) in [5, 5.41) is 0. The second kappa shape index (κ2) is 8.10. The molecule has 164 valence electrons. The van der Waals surface area contributed by atoms with Gasteiger partial charge in [-0.25, -0.2) is 0 Å². The number of alkyl halides is 1. The van der Waals surface area contributed by atoms with Crippen LogP contribution < -0.4 is 0 Å². The molecule has 1 nitrogen and oxygen atoms in total. The molecule has 0 aromatic carbocycles. The summed E-state index contributed by atoms with van der Waals surface area (Å²) in [4.78, 5) is 12.4. The molecular formula is C27H43BrO. The molecule has 0 aliphatic heterocycles. The molecule has 4 aliphatic carbocycles. The number of fused-ring (bicyclic) bond motifs is 5. The van der Waals surface area contributed by atoms with E-state index in [2.05, 4.69) is 50.5 Å². The number of carbonyl (C=O) groups excluding carboxylic acids is 1.